The molecule has 4 heterocycles. The number of aliphatic carboxylic acids is 1. The molecule has 3 aromatic carbocycles. The lowest BCUT2D eigenvalue weighted by Gasteiger charge is -2.45. The second kappa shape index (κ2) is 22.9. The molecule has 26 nitrogen and oxygen atoms in total. The van der Waals surface area contributed by atoms with Crippen LogP contribution in [0.1, 0.15) is 12.0 Å². The van der Waals surface area contributed by atoms with Crippen molar-refractivity contribution in [2.75, 3.05) is 26.9 Å². The predicted molar refractivity (Wildman–Crippen MR) is 232 cm³/mol. The van der Waals surface area contributed by atoms with E-state index in [1.807, 2.05) is 0 Å². The fourth-order valence-corrected chi connectivity index (χ4v) is 7.70. The van der Waals surface area contributed by atoms with E-state index < -0.39 is 148 Å². The number of ether oxygens (including phenoxy) is 9. The number of phenols is 2. The molecule has 0 saturated carbocycles. The minimum Gasteiger partial charge on any atom is -0.870 e. The highest BCUT2D eigenvalue weighted by Gasteiger charge is 2.52. The van der Waals surface area contributed by atoms with Gasteiger partial charge < -0.3 is 109 Å². The van der Waals surface area contributed by atoms with Crippen molar-refractivity contribution in [2.24, 2.45) is 0 Å². The first-order chi connectivity index (χ1) is 34.3. The maximum Gasteiger partial charge on any atom is 0.402 e. The van der Waals surface area contributed by atoms with Crippen LogP contribution in [0.2, 0.25) is 0 Å². The first kappa shape index (κ1) is 53.3. The molecule has 26 heteroatoms. The standard InChI is InChI=1S/C46H50O26/c1-63-26-10-18(2-8-23(26)50)3-9-32(53)64-16-30-36(57)39(60)43(72-45-41(62)37(58)34(55)28(15-47)69-45)46(71-30)68-27-13-22-24(66-42(27)19-4-6-20(48)7-5-19)11-21(49)12-25(22)67-44-40(61)38(59)35(56)29(70-44)17-65-33(54)14-31(51)52/h2-13,28-30,34-41,43-47,55-62H,14-17H2,1H3,(H3-,48,49,50,51,52,53)/t28-,29-,30-,34-,35-,36-,37+,38+,39+,40-,41-,43-,44-,45+,46-/m1/s1. The fraction of sp³-hybridized carbons (Fsp3) is 0.435. The summed E-state index contributed by atoms with van der Waals surface area (Å²) in [6.45, 7) is -2.46. The molecule has 3 aliphatic heterocycles. The van der Waals surface area contributed by atoms with E-state index in [-0.39, 0.29) is 45.3 Å². The molecule has 7 rings (SSSR count). The summed E-state index contributed by atoms with van der Waals surface area (Å²) < 4.78 is 56.9. The lowest BCUT2D eigenvalue weighted by atomic mass is 9.97. The number of hydrogen-bond donors (Lipinski definition) is 12. The number of carbonyl (C=O) groups is 3. The zero-order valence-electron chi connectivity index (χ0n) is 37.5. The molecule has 0 aliphatic carbocycles. The molecule has 1 aromatic heterocycles. The van der Waals surface area contributed by atoms with Gasteiger partial charge in [0.1, 0.15) is 115 Å². The Hall–Kier alpha value is -6.50. The van der Waals surface area contributed by atoms with Crippen molar-refractivity contribution >= 4 is 35.0 Å². The van der Waals surface area contributed by atoms with Gasteiger partial charge >= 0.3 is 29.3 Å². The van der Waals surface area contributed by atoms with E-state index in [1.165, 1.54) is 61.7 Å². The summed E-state index contributed by atoms with van der Waals surface area (Å²) >= 11 is 0. The summed E-state index contributed by atoms with van der Waals surface area (Å²) in [5.41, 5.74) is 0.366. The van der Waals surface area contributed by atoms with Crippen molar-refractivity contribution < 1.29 is 128 Å². The molecule has 0 unspecified atom stereocenters. The van der Waals surface area contributed by atoms with Crippen LogP contribution >= 0.6 is 0 Å². The van der Waals surface area contributed by atoms with Gasteiger partial charge in [-0.3, -0.25) is 9.59 Å². The first-order valence-electron chi connectivity index (χ1n) is 21.8. The number of aliphatic hydroxyl groups is 9. The summed E-state index contributed by atoms with van der Waals surface area (Å²) in [5.74, 6) is -5.76. The van der Waals surface area contributed by atoms with Crippen LogP contribution in [-0.2, 0) is 42.8 Å². The quantitative estimate of drug-likeness (QED) is 0.0222. The van der Waals surface area contributed by atoms with E-state index >= 15 is 0 Å². The lowest BCUT2D eigenvalue weighted by molar-refractivity contribution is -0.357. The number of esters is 2. The average Bonchev–Trinajstić information content (AvgIpc) is 3.35. The normalized spacial score (nSPS) is 30.7. The lowest BCUT2D eigenvalue weighted by Crippen LogP contribution is -2.65. The van der Waals surface area contributed by atoms with Gasteiger partial charge in [-0.25, -0.2) is 9.21 Å². The van der Waals surface area contributed by atoms with Crippen LogP contribution in [0.4, 0.5) is 0 Å². The van der Waals surface area contributed by atoms with E-state index in [9.17, 15) is 75.7 Å². The molecule has 3 saturated heterocycles. The van der Waals surface area contributed by atoms with Gasteiger partial charge in [-0.2, -0.15) is 0 Å². The zero-order valence-corrected chi connectivity index (χ0v) is 37.5. The maximum absolute atomic E-state index is 12.9. The van der Waals surface area contributed by atoms with Crippen molar-refractivity contribution in [3.63, 3.8) is 0 Å². The van der Waals surface area contributed by atoms with Crippen molar-refractivity contribution in [3.05, 3.63) is 72.3 Å². The van der Waals surface area contributed by atoms with Crippen LogP contribution < -0.4 is 19.3 Å². The molecule has 12 N–H and O–H groups in total. The first-order valence-corrected chi connectivity index (χ1v) is 21.8. The Labute approximate surface area is 405 Å². The van der Waals surface area contributed by atoms with Crippen LogP contribution in [0.5, 0.6) is 34.5 Å². The largest absolute Gasteiger partial charge is 0.870 e. The summed E-state index contributed by atoms with van der Waals surface area (Å²) in [6.07, 6.45) is -27.2. The molecule has 390 valence electrons. The summed E-state index contributed by atoms with van der Waals surface area (Å²) in [4.78, 5) is 35.8. The SMILES string of the molecule is COc1cc(/C=C/C(=O)OC[C@H]2O[C@@H](Oc3cc4c(O[C@@H]5O[C@H](COC(=O)CC(=O)O)[C@@H](O)[C@H](O)[C@H]5O)cc(O)cc4[o+]c3-c3ccc(O)cc3)[C@H](O[C@@H]3O[C@H](CO)[C@@H](O)[C@H](O)[C@H]3O)[C@@H](O)[C@@H]2O)ccc1[O-]. The van der Waals surface area contributed by atoms with Crippen molar-refractivity contribution in [3.8, 4) is 45.8 Å². The number of rotatable bonds is 17. The number of aromatic hydroxyl groups is 2. The Morgan fingerprint density at radius 2 is 1.28 bits per heavy atom. The number of phenolic OH excluding ortho intramolecular Hbond substituents is 2. The minimum atomic E-state index is -2.10. The Kier molecular flexibility index (Phi) is 17.0. The number of carbonyl (C=O) groups excluding carboxylic acids is 2. The van der Waals surface area contributed by atoms with Gasteiger partial charge in [0.2, 0.25) is 18.3 Å². The number of carboxylic acid groups (broad SMARTS) is 1. The van der Waals surface area contributed by atoms with E-state index in [0.29, 0.717) is 5.56 Å². The van der Waals surface area contributed by atoms with E-state index in [4.69, 9.17) is 52.2 Å². The van der Waals surface area contributed by atoms with Gasteiger partial charge in [0.15, 0.2) is 12.4 Å². The van der Waals surface area contributed by atoms with Crippen LogP contribution in [0.3, 0.4) is 0 Å². The number of methoxy groups -OCH3 is 1. The Morgan fingerprint density at radius 3 is 1.94 bits per heavy atom. The third kappa shape index (κ3) is 12.0. The molecule has 3 aliphatic rings. The van der Waals surface area contributed by atoms with Crippen LogP contribution in [-0.4, -0.2) is 198 Å². The summed E-state index contributed by atoms with van der Waals surface area (Å²) in [6, 6.07) is 12.6. The van der Waals surface area contributed by atoms with Crippen molar-refractivity contribution in [1.29, 1.82) is 0 Å². The van der Waals surface area contributed by atoms with E-state index in [1.54, 1.807) is 0 Å². The Morgan fingerprint density at radius 1 is 0.667 bits per heavy atom. The number of hydrogen-bond acceptors (Lipinski definition) is 24. The number of aliphatic hydroxyl groups excluding tert-OH is 9. The second-order valence-electron chi connectivity index (χ2n) is 16.5. The van der Waals surface area contributed by atoms with E-state index in [2.05, 4.69) is 0 Å². The van der Waals surface area contributed by atoms with Crippen LogP contribution in [0, 0.1) is 0 Å². The van der Waals surface area contributed by atoms with E-state index in [0.717, 1.165) is 18.2 Å². The molecule has 15 atom stereocenters. The van der Waals surface area contributed by atoms with Gasteiger partial charge in [-0.15, -0.1) is 0 Å². The summed E-state index contributed by atoms with van der Waals surface area (Å²) in [5, 5.41) is 139. The molecular formula is C46H50O26. The molecule has 0 bridgehead atoms. The van der Waals surface area contributed by atoms with Gasteiger partial charge in [-0.05, 0) is 42.0 Å². The molecule has 3 fully saturated rings. The smallest absolute Gasteiger partial charge is 0.402 e. The fourth-order valence-electron chi connectivity index (χ4n) is 7.70. The summed E-state index contributed by atoms with van der Waals surface area (Å²) in [7, 11) is 1.29. The molecule has 0 amide bonds. The van der Waals surface area contributed by atoms with Crippen molar-refractivity contribution in [2.45, 2.75) is 98.5 Å². The Bertz CT molecular complexity index is 2570. The van der Waals surface area contributed by atoms with Gasteiger partial charge in [0, 0.05) is 18.2 Å². The highest BCUT2D eigenvalue weighted by molar-refractivity contribution is 5.90. The molecule has 4 aromatic rings. The van der Waals surface area contributed by atoms with Crippen molar-refractivity contribution in [1.82, 2.24) is 0 Å². The molecule has 0 spiro atoms. The maximum atomic E-state index is 12.9. The van der Waals surface area contributed by atoms with Gasteiger partial charge in [0.05, 0.1) is 25.3 Å². The molecular weight excluding hydrogens is 968 g/mol. The molecule has 0 radical (unpaired) electrons. The number of carboxylic acids is 1. The van der Waals surface area contributed by atoms with Gasteiger partial charge in [0.25, 0.3) is 0 Å². The highest BCUT2D eigenvalue weighted by Crippen LogP contribution is 2.43. The predicted octanol–water partition coefficient (Wildman–Crippen LogP) is -2.65. The zero-order chi connectivity index (χ0) is 52.1. The van der Waals surface area contributed by atoms with Crippen LogP contribution in [0.15, 0.2) is 71.2 Å². The van der Waals surface area contributed by atoms with Crippen LogP contribution in [0.25, 0.3) is 28.4 Å². The van der Waals surface area contributed by atoms with Gasteiger partial charge in [-0.1, -0.05) is 17.9 Å². The number of fused-ring (bicyclic) bond motifs is 1. The number of benzene rings is 3. The third-order valence-corrected chi connectivity index (χ3v) is 11.6. The third-order valence-electron chi connectivity index (χ3n) is 11.6. The Balaban J connectivity index is 1.24. The monoisotopic (exact) mass is 1020 g/mol. The topological polar surface area (TPSA) is 411 Å². The highest BCUT2D eigenvalue weighted by atomic mass is 16.8. The second-order valence-corrected chi connectivity index (χ2v) is 16.5. The minimum absolute atomic E-state index is 0.00342. The molecule has 72 heavy (non-hydrogen) atoms. The average molecular weight is 1020 g/mol.